The maximum Gasteiger partial charge on any atom is 0.282 e. The van der Waals surface area contributed by atoms with Crippen LogP contribution in [0.5, 0.6) is 0 Å². The van der Waals surface area contributed by atoms with Crippen molar-refractivity contribution in [2.45, 2.75) is 33.8 Å². The molecular weight excluding hydrogens is 304 g/mol. The number of ether oxygens (including phenoxy) is 1. The summed E-state index contributed by atoms with van der Waals surface area (Å²) in [5.41, 5.74) is 1.60. The Morgan fingerprint density at radius 3 is 2.59 bits per heavy atom. The Morgan fingerprint density at radius 2 is 2.00 bits per heavy atom. The van der Waals surface area contributed by atoms with Gasteiger partial charge in [-0.2, -0.15) is 17.0 Å². The third-order valence-corrected chi connectivity index (χ3v) is 5.86. The first kappa shape index (κ1) is 17.3. The van der Waals surface area contributed by atoms with Crippen LogP contribution in [0.25, 0.3) is 0 Å². The van der Waals surface area contributed by atoms with E-state index in [1.165, 1.54) is 8.61 Å². The van der Waals surface area contributed by atoms with Gasteiger partial charge in [0.15, 0.2) is 0 Å². The number of hydrogen-bond acceptors (Lipinski definition) is 5. The summed E-state index contributed by atoms with van der Waals surface area (Å²) in [5.74, 6) is 0.669. The Bertz CT molecular complexity index is 596. The smallest absolute Gasteiger partial charge is 0.282 e. The van der Waals surface area contributed by atoms with Crippen LogP contribution in [-0.2, 0) is 14.9 Å². The highest BCUT2D eigenvalue weighted by atomic mass is 32.2. The molecule has 1 atom stereocenters. The van der Waals surface area contributed by atoms with Gasteiger partial charge in [0.2, 0.25) is 0 Å². The molecule has 0 unspecified atom stereocenters. The molecule has 22 heavy (non-hydrogen) atoms. The van der Waals surface area contributed by atoms with Gasteiger partial charge in [0.05, 0.1) is 12.3 Å². The zero-order valence-electron chi connectivity index (χ0n) is 13.6. The fourth-order valence-electron chi connectivity index (χ4n) is 2.64. The number of hydrogen-bond donors (Lipinski definition) is 0. The summed E-state index contributed by atoms with van der Waals surface area (Å²) < 4.78 is 33.9. The molecule has 7 nitrogen and oxygen atoms in total. The van der Waals surface area contributed by atoms with Crippen LogP contribution in [0.2, 0.25) is 0 Å². The first-order valence-electron chi connectivity index (χ1n) is 7.57. The van der Waals surface area contributed by atoms with E-state index in [4.69, 9.17) is 4.74 Å². The summed E-state index contributed by atoms with van der Waals surface area (Å²) in [4.78, 5) is 8.63. The largest absolute Gasteiger partial charge is 0.369 e. The number of nitrogens with zero attached hydrogens (tertiary/aromatic N) is 4. The quantitative estimate of drug-likeness (QED) is 0.808. The van der Waals surface area contributed by atoms with E-state index in [2.05, 4.69) is 9.97 Å². The van der Waals surface area contributed by atoms with Crippen LogP contribution in [0.3, 0.4) is 0 Å². The minimum absolute atomic E-state index is 0.286. The van der Waals surface area contributed by atoms with Gasteiger partial charge in [0, 0.05) is 31.9 Å². The van der Waals surface area contributed by atoms with Crippen molar-refractivity contribution in [3.8, 4) is 0 Å². The second-order valence-electron chi connectivity index (χ2n) is 5.29. The van der Waals surface area contributed by atoms with Crippen LogP contribution in [-0.4, -0.2) is 59.8 Å². The van der Waals surface area contributed by atoms with Crippen molar-refractivity contribution >= 4 is 10.2 Å². The van der Waals surface area contributed by atoms with Gasteiger partial charge in [0.25, 0.3) is 10.2 Å². The maximum atomic E-state index is 12.6. The molecule has 1 aromatic heterocycles. The third-order valence-electron chi connectivity index (χ3n) is 3.70. The van der Waals surface area contributed by atoms with Crippen LogP contribution in [0.1, 0.15) is 37.2 Å². The third kappa shape index (κ3) is 3.62. The Morgan fingerprint density at radius 1 is 1.32 bits per heavy atom. The van der Waals surface area contributed by atoms with Crippen molar-refractivity contribution < 1.29 is 13.2 Å². The van der Waals surface area contributed by atoms with Gasteiger partial charge in [-0.15, -0.1) is 0 Å². The lowest BCUT2D eigenvalue weighted by molar-refractivity contribution is -0.00677. The average Bonchev–Trinajstić information content (AvgIpc) is 2.47. The summed E-state index contributed by atoms with van der Waals surface area (Å²) in [6, 6.07) is 1.85. The first-order chi connectivity index (χ1) is 10.4. The van der Waals surface area contributed by atoms with Gasteiger partial charge < -0.3 is 4.74 Å². The lowest BCUT2D eigenvalue weighted by Crippen LogP contribution is -2.49. The first-order valence-corrected chi connectivity index (χ1v) is 8.97. The van der Waals surface area contributed by atoms with Crippen LogP contribution < -0.4 is 0 Å². The minimum Gasteiger partial charge on any atom is -0.369 e. The van der Waals surface area contributed by atoms with Gasteiger partial charge in [-0.25, -0.2) is 9.97 Å². The lowest BCUT2D eigenvalue weighted by atomic mass is 10.2. The summed E-state index contributed by atoms with van der Waals surface area (Å²) in [5, 5.41) is 0. The molecule has 0 aromatic carbocycles. The molecule has 0 aliphatic carbocycles. The van der Waals surface area contributed by atoms with Crippen molar-refractivity contribution in [1.29, 1.82) is 0 Å². The monoisotopic (exact) mass is 328 g/mol. The van der Waals surface area contributed by atoms with Crippen LogP contribution in [0, 0.1) is 13.8 Å². The molecule has 1 aromatic rings. The highest BCUT2D eigenvalue weighted by Crippen LogP contribution is 2.24. The molecule has 2 heterocycles. The van der Waals surface area contributed by atoms with E-state index in [1.807, 2.05) is 33.8 Å². The SMILES string of the molecule is CCN(CC)S(=O)(=O)N1CCO[C@H](c2cc(C)nc(C)n2)C1. The number of rotatable bonds is 5. The molecule has 0 bridgehead atoms. The lowest BCUT2D eigenvalue weighted by Gasteiger charge is -2.34. The summed E-state index contributed by atoms with van der Waals surface area (Å²) in [6.45, 7) is 9.36. The molecule has 1 aliphatic heterocycles. The second kappa shape index (κ2) is 6.99. The van der Waals surface area contributed by atoms with Crippen LogP contribution >= 0.6 is 0 Å². The molecule has 0 spiro atoms. The molecule has 1 saturated heterocycles. The predicted molar refractivity (Wildman–Crippen MR) is 83.6 cm³/mol. The van der Waals surface area contributed by atoms with Gasteiger partial charge in [-0.3, -0.25) is 0 Å². The van der Waals surface area contributed by atoms with E-state index in [-0.39, 0.29) is 12.6 Å². The van der Waals surface area contributed by atoms with Crippen LogP contribution in [0.15, 0.2) is 6.07 Å². The molecule has 2 rings (SSSR count). The minimum atomic E-state index is -3.44. The van der Waals surface area contributed by atoms with E-state index in [0.717, 1.165) is 11.4 Å². The van der Waals surface area contributed by atoms with Crippen molar-refractivity contribution in [3.63, 3.8) is 0 Å². The molecular formula is C14H24N4O3S. The highest BCUT2D eigenvalue weighted by molar-refractivity contribution is 7.86. The van der Waals surface area contributed by atoms with Crippen molar-refractivity contribution in [3.05, 3.63) is 23.3 Å². The van der Waals surface area contributed by atoms with E-state index in [1.54, 1.807) is 0 Å². The summed E-state index contributed by atoms with van der Waals surface area (Å²) in [6.07, 6.45) is -0.348. The van der Waals surface area contributed by atoms with Crippen molar-refractivity contribution in [1.82, 2.24) is 18.6 Å². The molecule has 8 heteroatoms. The summed E-state index contributed by atoms with van der Waals surface area (Å²) in [7, 11) is -3.44. The Kier molecular flexibility index (Phi) is 5.49. The zero-order valence-corrected chi connectivity index (χ0v) is 14.4. The molecule has 0 saturated carbocycles. The van der Waals surface area contributed by atoms with Gasteiger partial charge in [0.1, 0.15) is 11.9 Å². The number of aromatic nitrogens is 2. The fraction of sp³-hybridized carbons (Fsp3) is 0.714. The van der Waals surface area contributed by atoms with Gasteiger partial charge >= 0.3 is 0 Å². The summed E-state index contributed by atoms with van der Waals surface area (Å²) >= 11 is 0. The standard InChI is InChI=1S/C14H24N4O3S/c1-5-17(6-2)22(19,20)18-7-8-21-14(10-18)13-9-11(3)15-12(4)16-13/h9,14H,5-8,10H2,1-4H3/t14-/m0/s1. The molecule has 124 valence electrons. The van der Waals surface area contributed by atoms with E-state index in [9.17, 15) is 8.42 Å². The van der Waals surface area contributed by atoms with Crippen LogP contribution in [0.4, 0.5) is 0 Å². The zero-order chi connectivity index (χ0) is 16.3. The van der Waals surface area contributed by atoms with Crippen molar-refractivity contribution in [2.75, 3.05) is 32.8 Å². The van der Waals surface area contributed by atoms with Gasteiger partial charge in [-0.1, -0.05) is 13.8 Å². The van der Waals surface area contributed by atoms with Crippen molar-refractivity contribution in [2.24, 2.45) is 0 Å². The predicted octanol–water partition coefficient (Wildman–Crippen LogP) is 1.05. The Labute approximate surface area is 132 Å². The number of aryl methyl sites for hydroxylation is 2. The molecule has 0 N–H and O–H groups in total. The average molecular weight is 328 g/mol. The Hall–Kier alpha value is -1.09. The normalized spacial score (nSPS) is 20.5. The highest BCUT2D eigenvalue weighted by Gasteiger charge is 2.34. The van der Waals surface area contributed by atoms with E-state index >= 15 is 0 Å². The van der Waals surface area contributed by atoms with Gasteiger partial charge in [-0.05, 0) is 19.9 Å². The molecule has 0 amide bonds. The Balaban J connectivity index is 2.21. The topological polar surface area (TPSA) is 75.6 Å². The molecule has 1 aliphatic rings. The molecule has 1 fully saturated rings. The van der Waals surface area contributed by atoms with E-state index < -0.39 is 10.2 Å². The molecule has 0 radical (unpaired) electrons. The number of morpholine rings is 1. The van der Waals surface area contributed by atoms with E-state index in [0.29, 0.717) is 32.1 Å². The second-order valence-corrected chi connectivity index (χ2v) is 7.22. The maximum absolute atomic E-state index is 12.6. The fourth-order valence-corrected chi connectivity index (χ4v) is 4.25.